The van der Waals surface area contributed by atoms with Gasteiger partial charge in [0.05, 0.1) is 33.5 Å². The van der Waals surface area contributed by atoms with Crippen molar-refractivity contribution in [1.29, 1.82) is 0 Å². The number of nitrogens with zero attached hydrogens (tertiary/aromatic N) is 3. The number of aromatic hydroxyl groups is 1. The Morgan fingerprint density at radius 1 is 0.591 bits per heavy atom. The highest BCUT2D eigenvalue weighted by molar-refractivity contribution is 5.97. The van der Waals surface area contributed by atoms with Gasteiger partial charge in [-0.3, -0.25) is 9.55 Å². The van der Waals surface area contributed by atoms with E-state index in [1.54, 1.807) is 51.3 Å². The molecule has 2 heterocycles. The first-order valence-electron chi connectivity index (χ1n) is 31.1. The molecular weight excluding hydrogens is 803 g/mol. The Labute approximate surface area is 420 Å². The summed E-state index contributed by atoms with van der Waals surface area (Å²) in [7, 11) is 0. The third-order valence-electron chi connectivity index (χ3n) is 12.2. The predicted octanol–water partition coefficient (Wildman–Crippen LogP) is 17.2. The highest BCUT2D eigenvalue weighted by Gasteiger charge is 2.26. The Hall–Kier alpha value is -6.26. The number of pyridine rings is 1. The summed E-state index contributed by atoms with van der Waals surface area (Å²) in [6, 6.07) is 24.7. The molecule has 6 aromatic carbocycles. The van der Waals surface area contributed by atoms with E-state index in [9.17, 15) is 5.11 Å². The largest absolute Gasteiger partial charge is 0.507 e. The molecule has 0 aliphatic heterocycles. The number of aryl methyl sites for hydroxylation is 2. The normalized spacial score (nSPS) is 17.6. The molecule has 0 fully saturated rings. The average molecular weight is 890 g/mol. The van der Waals surface area contributed by atoms with E-state index in [4.69, 9.17) is 34.6 Å². The summed E-state index contributed by atoms with van der Waals surface area (Å²) in [5.41, 5.74) is 2.11. The first-order chi connectivity index (χ1) is 38.2. The number of hydrogen-bond donors (Lipinski definition) is 1. The second-order valence-electron chi connectivity index (χ2n) is 19.9. The summed E-state index contributed by atoms with van der Waals surface area (Å²) in [5, 5.41) is 12.1. The van der Waals surface area contributed by atoms with Crippen molar-refractivity contribution in [3.8, 4) is 67.5 Å². The third-order valence-corrected chi connectivity index (χ3v) is 12.2. The van der Waals surface area contributed by atoms with Gasteiger partial charge in [-0.2, -0.15) is 0 Å². The van der Waals surface area contributed by atoms with Crippen LogP contribution >= 0.6 is 0 Å². The van der Waals surface area contributed by atoms with Crippen molar-refractivity contribution in [2.75, 3.05) is 0 Å². The number of phenols is 1. The van der Waals surface area contributed by atoms with E-state index in [1.165, 1.54) is 18.3 Å². The van der Waals surface area contributed by atoms with Crippen LogP contribution in [0.25, 0.3) is 72.7 Å². The standard InChI is InChI=1S/C62H69N3O/c1-37(2)44-29-45(38(3)4)31-46(30-44)42-21-24-55(39(5)27-42)65-56-18-16-17-52(57(56)64-59(65)53-36-50(61(10,11)12)28-40(6)58(53)66)47-32-48(34-51(33-47)62(13,14)15)54-35-43(25-26-63-54)41-19-22-49(23-20-41)60(7,8)9/h16-38,66H,1-15H3/i5D3,7D3,8D3,9D3,19D,20D,22D,23D,37D,38D. The van der Waals surface area contributed by atoms with Crippen molar-refractivity contribution < 1.29 is 29.8 Å². The SMILES string of the molecule is [2H]c1c([2H])c(C(C([2H])([2H])[2H])(C([2H])([2H])[2H])C([2H])([2H])[2H])c([2H])c([2H])c1-c1ccnc(-c2cc(-c3cccc4c3nc(-c3cc(C(C)(C)C)cc(C)c3O)n4-c3ccc(-c4cc(C([2H])(C)C)cc(C([2H])(C)C)c4)cc3C([2H])([2H])[2H])cc(C(C)(C)C)c2)c1. The number of phenolic OH excluding ortho intramolecular Hbond substituents is 1. The van der Waals surface area contributed by atoms with Crippen molar-refractivity contribution in [2.24, 2.45) is 0 Å². The van der Waals surface area contributed by atoms with Gasteiger partial charge in [0.25, 0.3) is 0 Å². The van der Waals surface area contributed by atoms with Crippen molar-refractivity contribution in [3.63, 3.8) is 0 Å². The monoisotopic (exact) mass is 890 g/mol. The molecule has 2 aromatic heterocycles. The zero-order valence-electron chi connectivity index (χ0n) is 57.6. The van der Waals surface area contributed by atoms with Crippen LogP contribution in [0.4, 0.5) is 0 Å². The summed E-state index contributed by atoms with van der Waals surface area (Å²) in [6.07, 6.45) is 1.39. The quantitative estimate of drug-likeness (QED) is 0.165. The van der Waals surface area contributed by atoms with Gasteiger partial charge < -0.3 is 5.11 Å². The molecule has 0 saturated heterocycles. The minimum Gasteiger partial charge on any atom is -0.507 e. The van der Waals surface area contributed by atoms with E-state index in [0.717, 1.165) is 11.1 Å². The first kappa shape index (κ1) is 28.7. The van der Waals surface area contributed by atoms with Crippen LogP contribution < -0.4 is 0 Å². The molecule has 0 amide bonds. The molecule has 0 unspecified atom stereocenters. The fraction of sp³-hybridized carbons (Fsp3) is 0.323. The maximum absolute atomic E-state index is 12.1. The molecule has 66 heavy (non-hydrogen) atoms. The zero-order chi connectivity index (χ0) is 62.9. The molecule has 1 N–H and O–H groups in total. The van der Waals surface area contributed by atoms with Gasteiger partial charge in [-0.1, -0.05) is 162 Å². The second kappa shape index (κ2) is 17.2. The number of hydrogen-bond acceptors (Lipinski definition) is 3. The molecule has 0 atom stereocenters. The lowest BCUT2D eigenvalue weighted by molar-refractivity contribution is 0.471. The molecule has 0 aliphatic carbocycles. The molecular formula is C62H69N3O. The van der Waals surface area contributed by atoms with Crippen molar-refractivity contribution in [2.45, 2.75) is 132 Å². The van der Waals surface area contributed by atoms with Gasteiger partial charge in [0, 0.05) is 36.5 Å². The highest BCUT2D eigenvalue weighted by Crippen LogP contribution is 2.43. The minimum atomic E-state index is -3.84. The Morgan fingerprint density at radius 3 is 1.88 bits per heavy atom. The van der Waals surface area contributed by atoms with E-state index in [1.807, 2.05) is 114 Å². The predicted molar refractivity (Wildman–Crippen MR) is 281 cm³/mol. The third kappa shape index (κ3) is 9.12. The van der Waals surface area contributed by atoms with E-state index >= 15 is 0 Å². The van der Waals surface area contributed by atoms with Crippen LogP contribution in [0.1, 0.15) is 165 Å². The number of para-hydroxylation sites is 1. The summed E-state index contributed by atoms with van der Waals surface area (Å²) < 4.78 is 158. The smallest absolute Gasteiger partial charge is 0.149 e. The fourth-order valence-electron chi connectivity index (χ4n) is 8.17. The first-order valence-corrected chi connectivity index (χ1v) is 22.1. The number of fused-ring (bicyclic) bond motifs is 1. The van der Waals surface area contributed by atoms with Crippen molar-refractivity contribution in [1.82, 2.24) is 14.5 Å². The lowest BCUT2D eigenvalue weighted by Gasteiger charge is -2.22. The Kier molecular flexibility index (Phi) is 7.48. The van der Waals surface area contributed by atoms with E-state index in [-0.39, 0.29) is 39.6 Å². The van der Waals surface area contributed by atoms with E-state index < -0.39 is 85.2 Å². The molecule has 0 spiro atoms. The molecule has 8 rings (SSSR count). The van der Waals surface area contributed by atoms with Crippen molar-refractivity contribution >= 4 is 11.0 Å². The second-order valence-corrected chi connectivity index (χ2v) is 19.9. The Morgan fingerprint density at radius 2 is 1.24 bits per heavy atom. The molecule has 0 bridgehead atoms. The van der Waals surface area contributed by atoms with Crippen LogP contribution in [-0.2, 0) is 16.2 Å². The fourth-order valence-corrected chi connectivity index (χ4v) is 8.17. The van der Waals surface area contributed by atoms with E-state index in [2.05, 4.69) is 0 Å². The van der Waals surface area contributed by atoms with Gasteiger partial charge in [0.1, 0.15) is 11.6 Å². The lowest BCUT2D eigenvalue weighted by Crippen LogP contribution is -2.12. The van der Waals surface area contributed by atoms with Crippen LogP contribution in [0, 0.1) is 13.8 Å². The number of aromatic nitrogens is 3. The van der Waals surface area contributed by atoms with Crippen LogP contribution in [0.15, 0.2) is 127 Å². The topological polar surface area (TPSA) is 50.9 Å². The minimum absolute atomic E-state index is 0.0260. The zero-order valence-corrected chi connectivity index (χ0v) is 39.6. The average Bonchev–Trinajstić information content (AvgIpc) is 0.753. The maximum Gasteiger partial charge on any atom is 0.149 e. The molecule has 0 saturated carbocycles. The molecule has 338 valence electrons. The molecule has 4 heteroatoms. The molecule has 4 nitrogen and oxygen atoms in total. The number of benzene rings is 6. The van der Waals surface area contributed by atoms with Crippen LogP contribution in [0.2, 0.25) is 0 Å². The highest BCUT2D eigenvalue weighted by atomic mass is 16.3. The Balaban J connectivity index is 1.40. The summed E-state index contributed by atoms with van der Waals surface area (Å²) in [4.78, 5) is 10.1. The van der Waals surface area contributed by atoms with Gasteiger partial charge in [0.15, 0.2) is 0 Å². The maximum atomic E-state index is 12.1. The summed E-state index contributed by atoms with van der Waals surface area (Å²) >= 11 is 0. The van der Waals surface area contributed by atoms with Gasteiger partial charge in [-0.15, -0.1) is 0 Å². The van der Waals surface area contributed by atoms with Crippen LogP contribution in [0.5, 0.6) is 5.75 Å². The van der Waals surface area contributed by atoms with Gasteiger partial charge >= 0.3 is 0 Å². The van der Waals surface area contributed by atoms with Gasteiger partial charge in [0.2, 0.25) is 0 Å². The Bertz CT molecular complexity index is 3810. The molecule has 8 aromatic rings. The summed E-state index contributed by atoms with van der Waals surface area (Å²) in [6.45, 7) is 6.79. The molecule has 0 radical (unpaired) electrons. The summed E-state index contributed by atoms with van der Waals surface area (Å²) in [5.74, 6) is -1.88. The number of rotatable bonds is 8. The van der Waals surface area contributed by atoms with Crippen molar-refractivity contribution in [3.05, 3.63) is 166 Å². The van der Waals surface area contributed by atoms with Gasteiger partial charge in [-0.25, -0.2) is 4.98 Å². The lowest BCUT2D eigenvalue weighted by atomic mass is 9.83. The molecule has 0 aliphatic rings. The van der Waals surface area contributed by atoms with Crippen LogP contribution in [0.3, 0.4) is 0 Å². The van der Waals surface area contributed by atoms with Gasteiger partial charge in [-0.05, 0) is 157 Å². The van der Waals surface area contributed by atoms with E-state index in [0.29, 0.717) is 61.1 Å². The number of imidazole rings is 1. The van der Waals surface area contributed by atoms with Crippen LogP contribution in [-0.4, -0.2) is 19.6 Å².